The molecule has 5 rings (SSSR count). The fourth-order valence-corrected chi connectivity index (χ4v) is 5.35. The molecule has 0 saturated carbocycles. The molecular weight excluding hydrogens is 332 g/mol. The average Bonchev–Trinajstić information content (AvgIpc) is 2.93. The van der Waals surface area contributed by atoms with Crippen LogP contribution >= 0.6 is 0 Å². The minimum absolute atomic E-state index is 0.294. The predicted octanol–water partition coefficient (Wildman–Crippen LogP) is 4.03. The molecule has 0 saturated heterocycles. The zero-order valence-electron chi connectivity index (χ0n) is 15.9. The predicted molar refractivity (Wildman–Crippen MR) is 110 cm³/mol. The van der Waals surface area contributed by atoms with Gasteiger partial charge < -0.3 is 4.90 Å². The van der Waals surface area contributed by atoms with Crippen LogP contribution < -0.4 is 4.90 Å². The molecule has 1 atom stereocenters. The van der Waals surface area contributed by atoms with Crippen LogP contribution in [0, 0.1) is 0 Å². The van der Waals surface area contributed by atoms with Gasteiger partial charge in [-0.1, -0.05) is 48.5 Å². The quantitative estimate of drug-likeness (QED) is 0.827. The lowest BCUT2D eigenvalue weighted by Gasteiger charge is -2.39. The number of carbonyl (C=O) groups is 1. The molecule has 0 N–H and O–H groups in total. The van der Waals surface area contributed by atoms with Crippen LogP contribution in [0.4, 0.5) is 5.69 Å². The van der Waals surface area contributed by atoms with E-state index in [2.05, 4.69) is 59.5 Å². The largest absolute Gasteiger partial charge is 0.314 e. The Hall–Kier alpha value is -2.39. The molecule has 3 aliphatic rings. The van der Waals surface area contributed by atoms with Gasteiger partial charge in [0.25, 0.3) is 0 Å². The molecule has 0 bridgehead atoms. The summed E-state index contributed by atoms with van der Waals surface area (Å²) in [6.45, 7) is 2.80. The SMILES string of the molecule is CN1C(=O)C2(CN3CC=C(c4ccccc4)CC3)CCCc3cccc1c32. The lowest BCUT2D eigenvalue weighted by molar-refractivity contribution is -0.124. The van der Waals surface area contributed by atoms with Gasteiger partial charge >= 0.3 is 0 Å². The van der Waals surface area contributed by atoms with E-state index in [4.69, 9.17) is 0 Å². The zero-order valence-corrected chi connectivity index (χ0v) is 15.9. The van der Waals surface area contributed by atoms with Gasteiger partial charge in [-0.15, -0.1) is 0 Å². The van der Waals surface area contributed by atoms with Crippen molar-refractivity contribution >= 4 is 17.2 Å². The van der Waals surface area contributed by atoms with E-state index >= 15 is 0 Å². The fraction of sp³-hybridized carbons (Fsp3) is 0.375. The summed E-state index contributed by atoms with van der Waals surface area (Å²) in [5.41, 5.74) is 6.27. The first-order valence-corrected chi connectivity index (χ1v) is 10.1. The number of hydrogen-bond donors (Lipinski definition) is 0. The second-order valence-corrected chi connectivity index (χ2v) is 8.19. The van der Waals surface area contributed by atoms with Gasteiger partial charge in [0.05, 0.1) is 5.41 Å². The summed E-state index contributed by atoms with van der Waals surface area (Å²) in [6, 6.07) is 17.1. The molecule has 3 heteroatoms. The minimum Gasteiger partial charge on any atom is -0.314 e. The van der Waals surface area contributed by atoms with Crippen LogP contribution in [0.3, 0.4) is 0 Å². The van der Waals surface area contributed by atoms with E-state index in [1.807, 2.05) is 11.9 Å². The van der Waals surface area contributed by atoms with E-state index in [0.29, 0.717) is 5.91 Å². The first-order chi connectivity index (χ1) is 13.2. The van der Waals surface area contributed by atoms with Crippen molar-refractivity contribution in [2.75, 3.05) is 31.6 Å². The highest BCUT2D eigenvalue weighted by atomic mass is 16.2. The molecule has 0 aromatic heterocycles. The van der Waals surface area contributed by atoms with E-state index in [1.54, 1.807) is 0 Å². The Kier molecular flexibility index (Phi) is 3.94. The number of likely N-dealkylation sites (N-methyl/N-ethyl adjacent to an activating group) is 1. The van der Waals surface area contributed by atoms with Crippen molar-refractivity contribution in [1.29, 1.82) is 0 Å². The van der Waals surface area contributed by atoms with Crippen LogP contribution in [0.1, 0.15) is 36.0 Å². The van der Waals surface area contributed by atoms with Crippen molar-refractivity contribution in [3.05, 3.63) is 71.3 Å². The normalized spacial score (nSPS) is 24.7. The number of aryl methyl sites for hydroxylation is 1. The number of carbonyl (C=O) groups excluding carboxylic acids is 1. The topological polar surface area (TPSA) is 23.6 Å². The number of nitrogens with zero attached hydrogens (tertiary/aromatic N) is 2. The van der Waals surface area contributed by atoms with Crippen molar-refractivity contribution in [3.8, 4) is 0 Å². The van der Waals surface area contributed by atoms with E-state index in [0.717, 1.165) is 51.0 Å². The van der Waals surface area contributed by atoms with Gasteiger partial charge in [0.1, 0.15) is 0 Å². The highest BCUT2D eigenvalue weighted by Gasteiger charge is 2.52. The molecule has 2 aromatic carbocycles. The summed E-state index contributed by atoms with van der Waals surface area (Å²) in [5, 5.41) is 0. The number of benzene rings is 2. The van der Waals surface area contributed by atoms with Crippen LogP contribution in [0.25, 0.3) is 5.57 Å². The lowest BCUT2D eigenvalue weighted by atomic mass is 9.70. The molecule has 1 amide bonds. The Labute approximate surface area is 161 Å². The van der Waals surface area contributed by atoms with E-state index in [9.17, 15) is 4.79 Å². The Morgan fingerprint density at radius 3 is 2.67 bits per heavy atom. The summed E-state index contributed by atoms with van der Waals surface area (Å²) in [5.74, 6) is 0.294. The summed E-state index contributed by atoms with van der Waals surface area (Å²) >= 11 is 0. The smallest absolute Gasteiger partial charge is 0.238 e. The third-order valence-corrected chi connectivity index (χ3v) is 6.66. The Balaban J connectivity index is 1.43. The van der Waals surface area contributed by atoms with E-state index in [-0.39, 0.29) is 5.41 Å². The Morgan fingerprint density at radius 1 is 1.04 bits per heavy atom. The summed E-state index contributed by atoms with van der Waals surface area (Å²) < 4.78 is 0. The summed E-state index contributed by atoms with van der Waals surface area (Å²) in [6.07, 6.45) is 6.60. The molecule has 2 aromatic rings. The summed E-state index contributed by atoms with van der Waals surface area (Å²) in [7, 11) is 1.95. The minimum atomic E-state index is -0.336. The van der Waals surface area contributed by atoms with Gasteiger partial charge in [-0.05, 0) is 54.0 Å². The maximum Gasteiger partial charge on any atom is 0.238 e. The zero-order chi connectivity index (χ0) is 18.4. The molecule has 3 nitrogen and oxygen atoms in total. The van der Waals surface area contributed by atoms with Crippen LogP contribution in [0.5, 0.6) is 0 Å². The van der Waals surface area contributed by atoms with Gasteiger partial charge in [-0.25, -0.2) is 0 Å². The van der Waals surface area contributed by atoms with Gasteiger partial charge in [0.2, 0.25) is 5.91 Å². The van der Waals surface area contributed by atoms with E-state index in [1.165, 1.54) is 22.3 Å². The molecular formula is C24H26N2O. The number of hydrogen-bond acceptors (Lipinski definition) is 2. The van der Waals surface area contributed by atoms with Crippen LogP contribution in [0.15, 0.2) is 54.6 Å². The standard InChI is InChI=1S/C24H26N2O/c1-25-21-11-5-9-20-10-6-14-24(22(20)21,23(25)27)17-26-15-12-19(13-16-26)18-7-3-2-4-8-18/h2-5,7-9,11-12H,6,10,13-17H2,1H3. The van der Waals surface area contributed by atoms with Crippen molar-refractivity contribution in [2.24, 2.45) is 0 Å². The third kappa shape index (κ3) is 2.56. The maximum absolute atomic E-state index is 13.3. The molecule has 2 heterocycles. The van der Waals surface area contributed by atoms with E-state index < -0.39 is 0 Å². The number of anilines is 1. The van der Waals surface area contributed by atoms with Crippen LogP contribution in [-0.2, 0) is 16.6 Å². The molecule has 27 heavy (non-hydrogen) atoms. The number of rotatable bonds is 3. The lowest BCUT2D eigenvalue weighted by Crippen LogP contribution is -2.49. The highest BCUT2D eigenvalue weighted by Crippen LogP contribution is 2.49. The summed E-state index contributed by atoms with van der Waals surface area (Å²) in [4.78, 5) is 17.7. The average molecular weight is 358 g/mol. The molecule has 0 fully saturated rings. The van der Waals surface area contributed by atoms with Gasteiger partial charge in [0, 0.05) is 32.4 Å². The molecule has 0 radical (unpaired) electrons. The monoisotopic (exact) mass is 358 g/mol. The maximum atomic E-state index is 13.3. The van der Waals surface area contributed by atoms with Gasteiger partial charge in [0.15, 0.2) is 0 Å². The first kappa shape index (κ1) is 16.8. The van der Waals surface area contributed by atoms with Crippen molar-refractivity contribution in [1.82, 2.24) is 4.90 Å². The van der Waals surface area contributed by atoms with Gasteiger partial charge in [-0.2, -0.15) is 0 Å². The Morgan fingerprint density at radius 2 is 1.89 bits per heavy atom. The van der Waals surface area contributed by atoms with Crippen LogP contribution in [0.2, 0.25) is 0 Å². The molecule has 2 aliphatic heterocycles. The third-order valence-electron chi connectivity index (χ3n) is 6.66. The van der Waals surface area contributed by atoms with Crippen molar-refractivity contribution in [3.63, 3.8) is 0 Å². The molecule has 138 valence electrons. The molecule has 1 aliphatic carbocycles. The fourth-order valence-electron chi connectivity index (χ4n) is 5.35. The second kappa shape index (κ2) is 6.35. The number of amides is 1. The van der Waals surface area contributed by atoms with Crippen molar-refractivity contribution in [2.45, 2.75) is 31.1 Å². The van der Waals surface area contributed by atoms with Crippen LogP contribution in [-0.4, -0.2) is 37.5 Å². The highest BCUT2D eigenvalue weighted by molar-refractivity contribution is 6.08. The second-order valence-electron chi connectivity index (χ2n) is 8.19. The first-order valence-electron chi connectivity index (χ1n) is 10.1. The molecule has 0 spiro atoms. The van der Waals surface area contributed by atoms with Crippen molar-refractivity contribution < 1.29 is 4.79 Å². The molecule has 1 unspecified atom stereocenters. The Bertz CT molecular complexity index is 917. The van der Waals surface area contributed by atoms with Gasteiger partial charge in [-0.3, -0.25) is 9.69 Å².